The number of hydrogen-bond donors (Lipinski definition) is 4. The summed E-state index contributed by atoms with van der Waals surface area (Å²) in [5.41, 5.74) is 1.32. The molecule has 3 aliphatic rings. The van der Waals surface area contributed by atoms with Crippen LogP contribution in [0.25, 0.3) is 0 Å². The third-order valence-corrected chi connectivity index (χ3v) is 6.81. The van der Waals surface area contributed by atoms with Gasteiger partial charge in [0.25, 0.3) is 0 Å². The number of carboxylic acid groups (broad SMARTS) is 1. The minimum atomic E-state index is -0.875. The molecule has 2 atom stereocenters. The molecular weight excluding hydrogens is 398 g/mol. The highest BCUT2D eigenvalue weighted by Gasteiger charge is 2.28. The number of anilines is 1. The molecule has 0 saturated carbocycles. The molecule has 3 N–H and O–H groups in total. The maximum atomic E-state index is 11.8. The molecular formula is C22H29N5O2S. The summed E-state index contributed by atoms with van der Waals surface area (Å²) in [4.78, 5) is 24.9. The number of carbonyl (C=O) groups is 1. The molecule has 2 unspecified atom stereocenters. The van der Waals surface area contributed by atoms with Crippen LogP contribution in [0.4, 0.5) is 5.82 Å². The second-order valence-corrected chi connectivity index (χ2v) is 8.96. The van der Waals surface area contributed by atoms with Gasteiger partial charge in [-0.25, -0.2) is 14.8 Å². The lowest BCUT2D eigenvalue weighted by atomic mass is 9.95. The van der Waals surface area contributed by atoms with Crippen molar-refractivity contribution in [1.82, 2.24) is 15.2 Å². The molecule has 0 amide bonds. The fourth-order valence-corrected chi connectivity index (χ4v) is 5.17. The van der Waals surface area contributed by atoms with Gasteiger partial charge in [-0.15, -0.1) is 0 Å². The molecule has 4 heterocycles. The number of carboxylic acids is 1. The van der Waals surface area contributed by atoms with Gasteiger partial charge < -0.3 is 20.6 Å². The van der Waals surface area contributed by atoms with Crippen molar-refractivity contribution in [3.63, 3.8) is 0 Å². The third kappa shape index (κ3) is 4.82. The fourth-order valence-electron chi connectivity index (χ4n) is 4.34. The molecule has 1 aromatic heterocycles. The Labute approximate surface area is 180 Å². The molecule has 30 heavy (non-hydrogen) atoms. The number of aliphatic carboxylic acids is 1. The molecule has 0 aromatic carbocycles. The Morgan fingerprint density at radius 3 is 3.03 bits per heavy atom. The van der Waals surface area contributed by atoms with Crippen LogP contribution in [0.3, 0.4) is 0 Å². The predicted octanol–water partition coefficient (Wildman–Crippen LogP) is 2.62. The number of nitrogens with one attached hydrogen (secondary N) is 2. The van der Waals surface area contributed by atoms with Crippen LogP contribution < -0.4 is 10.6 Å². The second-order valence-electron chi connectivity index (χ2n) is 7.87. The van der Waals surface area contributed by atoms with Crippen molar-refractivity contribution in [3.8, 4) is 0 Å². The Balaban J connectivity index is 1.63. The van der Waals surface area contributed by atoms with Crippen LogP contribution in [0, 0.1) is 5.92 Å². The highest BCUT2D eigenvalue weighted by atomic mass is 32.1. The molecule has 7 nitrogen and oxygen atoms in total. The summed E-state index contributed by atoms with van der Waals surface area (Å²) in [5, 5.41) is 18.7. The van der Waals surface area contributed by atoms with Crippen LogP contribution in [0.5, 0.6) is 0 Å². The SMILES string of the molecule is CC=C(C(=O)O)C1CCC2CCN(C2)C2=C(CNCc3cccc(n3)N1)[SH]=CC=N2. The summed E-state index contributed by atoms with van der Waals surface area (Å²) in [6, 6.07) is 5.60. The smallest absolute Gasteiger partial charge is 0.333 e. The maximum absolute atomic E-state index is 11.8. The summed E-state index contributed by atoms with van der Waals surface area (Å²) in [6.07, 6.45) is 6.43. The monoisotopic (exact) mass is 427 g/mol. The Morgan fingerprint density at radius 1 is 1.30 bits per heavy atom. The summed E-state index contributed by atoms with van der Waals surface area (Å²) >= 11 is 1.19. The molecule has 8 heteroatoms. The van der Waals surface area contributed by atoms with Gasteiger partial charge in [-0.1, -0.05) is 12.1 Å². The normalized spacial score (nSPS) is 25.0. The van der Waals surface area contributed by atoms with Gasteiger partial charge in [0.2, 0.25) is 0 Å². The van der Waals surface area contributed by atoms with Gasteiger partial charge >= 0.3 is 5.97 Å². The van der Waals surface area contributed by atoms with Gasteiger partial charge in [0, 0.05) is 37.3 Å². The Kier molecular flexibility index (Phi) is 6.64. The van der Waals surface area contributed by atoms with E-state index in [2.05, 4.69) is 25.9 Å². The van der Waals surface area contributed by atoms with Crippen molar-refractivity contribution in [2.75, 3.05) is 25.0 Å². The van der Waals surface area contributed by atoms with Crippen molar-refractivity contribution in [1.29, 1.82) is 0 Å². The van der Waals surface area contributed by atoms with E-state index in [-0.39, 0.29) is 6.04 Å². The first-order valence-corrected chi connectivity index (χ1v) is 11.5. The lowest BCUT2D eigenvalue weighted by Gasteiger charge is -2.24. The van der Waals surface area contributed by atoms with E-state index in [0.29, 0.717) is 18.0 Å². The number of aromatic nitrogens is 1. The first kappa shape index (κ1) is 20.8. The number of aliphatic imine (C=N–C) groups is 1. The zero-order chi connectivity index (χ0) is 20.9. The molecule has 0 radical (unpaired) electrons. The van der Waals surface area contributed by atoms with Crippen LogP contribution in [0.15, 0.2) is 45.6 Å². The van der Waals surface area contributed by atoms with Crippen LogP contribution in [-0.4, -0.2) is 58.2 Å². The molecule has 160 valence electrons. The van der Waals surface area contributed by atoms with Crippen molar-refractivity contribution in [2.45, 2.75) is 38.8 Å². The summed E-state index contributed by atoms with van der Waals surface area (Å²) in [6.45, 7) is 5.19. The molecule has 1 aromatic rings. The number of fused-ring (bicyclic) bond motifs is 5. The number of nitrogens with zero attached hydrogens (tertiary/aromatic N) is 3. The first-order valence-electron chi connectivity index (χ1n) is 10.5. The predicted molar refractivity (Wildman–Crippen MR) is 124 cm³/mol. The maximum Gasteiger partial charge on any atom is 0.333 e. The third-order valence-electron chi connectivity index (χ3n) is 5.86. The largest absolute Gasteiger partial charge is 0.478 e. The lowest BCUT2D eigenvalue weighted by Crippen LogP contribution is -2.28. The second kappa shape index (κ2) is 9.57. The Morgan fingerprint density at radius 2 is 2.20 bits per heavy atom. The highest BCUT2D eigenvalue weighted by molar-refractivity contribution is 8.02. The summed E-state index contributed by atoms with van der Waals surface area (Å²) < 4.78 is 0. The zero-order valence-electron chi connectivity index (χ0n) is 17.2. The standard InChI is InChI=1S/C22H29N5O2S/c1-2-17(22(28)29)18-7-6-15-8-10-27(14-15)21-19(30-11-9-24-21)13-23-12-16-4-3-5-20(25-16)26-18/h2-5,9,11,15,18,23,30H,6-8,10,12-14H2,1H3,(H,25,26)(H,28,29). The molecule has 3 aliphatic heterocycles. The van der Waals surface area contributed by atoms with Gasteiger partial charge in [-0.3, -0.25) is 0 Å². The van der Waals surface area contributed by atoms with Gasteiger partial charge in [-0.05, 0) is 49.6 Å². The lowest BCUT2D eigenvalue weighted by molar-refractivity contribution is -0.132. The van der Waals surface area contributed by atoms with Gasteiger partial charge in [0.15, 0.2) is 0 Å². The van der Waals surface area contributed by atoms with E-state index in [9.17, 15) is 9.90 Å². The average Bonchev–Trinajstić information content (AvgIpc) is 3.21. The summed E-state index contributed by atoms with van der Waals surface area (Å²) in [7, 11) is 0. The molecule has 1 saturated heterocycles. The number of allylic oxidation sites excluding steroid dienone is 1. The zero-order valence-corrected chi connectivity index (χ0v) is 18.1. The van der Waals surface area contributed by atoms with E-state index in [1.165, 1.54) is 16.3 Å². The molecule has 0 spiro atoms. The Bertz CT molecular complexity index is 924. The van der Waals surface area contributed by atoms with Crippen molar-refractivity contribution in [2.24, 2.45) is 10.9 Å². The van der Waals surface area contributed by atoms with Gasteiger partial charge in [-0.2, -0.15) is 11.4 Å². The first-order chi connectivity index (χ1) is 14.6. The van der Waals surface area contributed by atoms with Crippen LogP contribution in [0.2, 0.25) is 0 Å². The van der Waals surface area contributed by atoms with Gasteiger partial charge in [0.05, 0.1) is 17.3 Å². The van der Waals surface area contributed by atoms with Crippen LogP contribution in [-0.2, 0) is 11.3 Å². The fraction of sp³-hybridized carbons (Fsp3) is 0.455. The Hall–Kier alpha value is -2.45. The number of rotatable bonds is 2. The van der Waals surface area contributed by atoms with E-state index in [4.69, 9.17) is 4.98 Å². The highest BCUT2D eigenvalue weighted by Crippen LogP contribution is 2.30. The minimum absolute atomic E-state index is 0.266. The van der Waals surface area contributed by atoms with Crippen LogP contribution >= 0.6 is 11.4 Å². The topological polar surface area (TPSA) is 89.9 Å². The minimum Gasteiger partial charge on any atom is -0.478 e. The van der Waals surface area contributed by atoms with E-state index < -0.39 is 5.97 Å². The van der Waals surface area contributed by atoms with Crippen molar-refractivity contribution >= 4 is 34.7 Å². The number of thiol groups is 1. The summed E-state index contributed by atoms with van der Waals surface area (Å²) in [5.74, 6) is 1.47. The molecule has 1 fully saturated rings. The van der Waals surface area contributed by atoms with E-state index >= 15 is 0 Å². The van der Waals surface area contributed by atoms with Crippen molar-refractivity contribution in [3.05, 3.63) is 46.3 Å². The van der Waals surface area contributed by atoms with Crippen LogP contribution in [0.1, 0.15) is 31.9 Å². The van der Waals surface area contributed by atoms with Gasteiger partial charge in [0.1, 0.15) is 11.6 Å². The van der Waals surface area contributed by atoms with Crippen molar-refractivity contribution < 1.29 is 9.90 Å². The van der Waals surface area contributed by atoms with E-state index in [1.54, 1.807) is 13.0 Å². The quantitative estimate of drug-likeness (QED) is 0.330. The van der Waals surface area contributed by atoms with E-state index in [0.717, 1.165) is 56.2 Å². The molecule has 4 bridgehead atoms. The number of hydrogen-bond acceptors (Lipinski definition) is 6. The molecule has 0 aliphatic carbocycles. The van der Waals surface area contributed by atoms with E-state index in [1.807, 2.05) is 24.4 Å². The molecule has 4 rings (SSSR count). The average molecular weight is 428 g/mol. The number of pyridine rings is 1.